The van der Waals surface area contributed by atoms with E-state index in [0.717, 1.165) is 23.7 Å². The summed E-state index contributed by atoms with van der Waals surface area (Å²) in [6.07, 6.45) is 6.05. The predicted octanol–water partition coefficient (Wildman–Crippen LogP) is 2.59. The Morgan fingerprint density at radius 3 is 2.53 bits per heavy atom. The first-order valence-electron chi connectivity index (χ1n) is 11.0. The van der Waals surface area contributed by atoms with Crippen molar-refractivity contribution >= 4 is 27.6 Å². The molecule has 9 nitrogen and oxygen atoms in total. The van der Waals surface area contributed by atoms with Crippen LogP contribution in [-0.2, 0) is 18.9 Å². The molecule has 32 heavy (non-hydrogen) atoms. The van der Waals surface area contributed by atoms with Crippen molar-refractivity contribution in [1.82, 2.24) is 29.5 Å². The molecule has 2 fully saturated rings. The van der Waals surface area contributed by atoms with E-state index in [0.29, 0.717) is 52.2 Å². The second kappa shape index (κ2) is 6.75. The van der Waals surface area contributed by atoms with E-state index in [4.69, 9.17) is 9.72 Å². The minimum atomic E-state index is -0.218. The van der Waals surface area contributed by atoms with Crippen molar-refractivity contribution in [3.8, 4) is 17.3 Å². The third-order valence-electron chi connectivity index (χ3n) is 6.86. The molecule has 0 radical (unpaired) electrons. The molecule has 2 unspecified atom stereocenters. The smallest absolute Gasteiger partial charge is 0.259 e. The van der Waals surface area contributed by atoms with Gasteiger partial charge in [0.2, 0.25) is 5.88 Å². The second-order valence-corrected chi connectivity index (χ2v) is 9.25. The molecule has 0 aliphatic heterocycles. The van der Waals surface area contributed by atoms with Crippen LogP contribution in [0.1, 0.15) is 26.2 Å². The van der Waals surface area contributed by atoms with E-state index in [1.54, 1.807) is 22.6 Å². The lowest BCUT2D eigenvalue weighted by Crippen LogP contribution is -2.30. The quantitative estimate of drug-likeness (QED) is 0.531. The number of pyridine rings is 2. The number of ether oxygens (including phenoxy) is 1. The van der Waals surface area contributed by atoms with Crippen LogP contribution >= 0.6 is 0 Å². The van der Waals surface area contributed by atoms with Gasteiger partial charge in [-0.2, -0.15) is 10.2 Å². The topological polar surface area (TPSA) is 108 Å². The molecule has 2 aliphatic rings. The maximum Gasteiger partial charge on any atom is 0.259 e. The monoisotopic (exact) mass is 432 g/mol. The Kier molecular flexibility index (Phi) is 4.05. The van der Waals surface area contributed by atoms with Crippen LogP contribution in [0.15, 0.2) is 29.3 Å². The maximum atomic E-state index is 12.6. The summed E-state index contributed by atoms with van der Waals surface area (Å²) in [4.78, 5) is 32.5. The van der Waals surface area contributed by atoms with Crippen LogP contribution < -0.4 is 10.3 Å². The summed E-state index contributed by atoms with van der Waals surface area (Å²) in [6, 6.07) is 3.65. The molecule has 4 aromatic heterocycles. The lowest BCUT2D eigenvalue weighted by Gasteiger charge is -2.27. The van der Waals surface area contributed by atoms with Crippen LogP contribution in [0.25, 0.3) is 33.2 Å². The van der Waals surface area contributed by atoms with Crippen molar-refractivity contribution in [3.63, 3.8) is 0 Å². The van der Waals surface area contributed by atoms with Crippen molar-refractivity contribution in [1.29, 1.82) is 0 Å². The lowest BCUT2D eigenvalue weighted by molar-refractivity contribution is -0.123. The molecular formula is C23H24N6O3. The van der Waals surface area contributed by atoms with Crippen LogP contribution in [0, 0.1) is 17.8 Å². The number of carbonyl (C=O) groups is 1. The molecule has 164 valence electrons. The molecule has 4 aromatic rings. The third-order valence-corrected chi connectivity index (χ3v) is 6.86. The van der Waals surface area contributed by atoms with Gasteiger partial charge in [-0.3, -0.25) is 19.0 Å². The number of aryl methyl sites for hydroxylation is 2. The van der Waals surface area contributed by atoms with Gasteiger partial charge < -0.3 is 9.72 Å². The summed E-state index contributed by atoms with van der Waals surface area (Å²) in [5.74, 6) is 1.85. The summed E-state index contributed by atoms with van der Waals surface area (Å²) >= 11 is 0. The van der Waals surface area contributed by atoms with Gasteiger partial charge in [0.25, 0.3) is 5.56 Å². The van der Waals surface area contributed by atoms with Gasteiger partial charge in [-0.15, -0.1) is 0 Å². The Hall–Kier alpha value is -3.49. The highest BCUT2D eigenvalue weighted by Gasteiger charge is 2.49. The van der Waals surface area contributed by atoms with Gasteiger partial charge in [0.1, 0.15) is 11.9 Å². The fraction of sp³-hybridized carbons (Fsp3) is 0.435. The number of hydrogen-bond donors (Lipinski definition) is 1. The normalized spacial score (nSPS) is 23.5. The Balaban J connectivity index is 1.40. The third kappa shape index (κ3) is 3.11. The fourth-order valence-corrected chi connectivity index (χ4v) is 5.04. The highest BCUT2D eigenvalue weighted by molar-refractivity contribution is 5.88. The van der Waals surface area contributed by atoms with Crippen LogP contribution in [0.3, 0.4) is 0 Å². The van der Waals surface area contributed by atoms with Crippen molar-refractivity contribution in [3.05, 3.63) is 34.9 Å². The van der Waals surface area contributed by atoms with E-state index in [9.17, 15) is 9.59 Å². The number of nitrogens with one attached hydrogen (secondary N) is 1. The largest absolute Gasteiger partial charge is 0.474 e. The zero-order valence-electron chi connectivity index (χ0n) is 18.2. The van der Waals surface area contributed by atoms with E-state index in [-0.39, 0.29) is 17.6 Å². The Morgan fingerprint density at radius 1 is 1.06 bits per heavy atom. The van der Waals surface area contributed by atoms with E-state index >= 15 is 0 Å². The first-order chi connectivity index (χ1) is 15.4. The highest BCUT2D eigenvalue weighted by Crippen LogP contribution is 2.50. The molecule has 2 aliphatic carbocycles. The van der Waals surface area contributed by atoms with Crippen molar-refractivity contribution in [2.24, 2.45) is 31.8 Å². The van der Waals surface area contributed by atoms with Crippen LogP contribution in [0.5, 0.6) is 5.88 Å². The van der Waals surface area contributed by atoms with E-state index in [1.165, 1.54) is 0 Å². The summed E-state index contributed by atoms with van der Waals surface area (Å²) in [7, 11) is 3.63. The minimum absolute atomic E-state index is 0.149. The maximum absolute atomic E-state index is 12.6. The zero-order valence-corrected chi connectivity index (χ0v) is 18.2. The van der Waals surface area contributed by atoms with Gasteiger partial charge in [-0.05, 0) is 37.8 Å². The molecule has 4 heterocycles. The first kappa shape index (κ1) is 19.2. The Labute approximate surface area is 183 Å². The number of H-pyrrole nitrogens is 1. The summed E-state index contributed by atoms with van der Waals surface area (Å²) < 4.78 is 9.69. The number of carbonyl (C=O) groups excluding carboxylic acids is 1. The second-order valence-electron chi connectivity index (χ2n) is 9.25. The standard InChI is InChI=1S/C23H24N6O3/c1-11(12-4-13-5-14(13)21(30)6-12)32-23-16-10-29(3)27-18(16)8-20(25-23)19-7-17-15(22(31)24-19)9-28(2)26-17/h7-14H,4-6H2,1-3H3,(H,24,31)/t11-,12+,13?,14?/m1/s1. The minimum Gasteiger partial charge on any atom is -0.474 e. The van der Waals surface area contributed by atoms with Crippen LogP contribution in [0.2, 0.25) is 0 Å². The number of aromatic nitrogens is 6. The molecule has 0 spiro atoms. The summed E-state index contributed by atoms with van der Waals surface area (Å²) in [5, 5.41) is 10.2. The van der Waals surface area contributed by atoms with Gasteiger partial charge in [0.05, 0.1) is 33.2 Å². The van der Waals surface area contributed by atoms with Gasteiger partial charge in [-0.25, -0.2) is 4.98 Å². The average Bonchev–Trinajstić information content (AvgIpc) is 3.29. The predicted molar refractivity (Wildman–Crippen MR) is 118 cm³/mol. The molecule has 0 amide bonds. The molecule has 6 rings (SSSR count). The molecular weight excluding hydrogens is 408 g/mol. The number of Topliss-reactive ketones (excluding diaryl/α,β-unsaturated/α-hetero) is 1. The van der Waals surface area contributed by atoms with Crippen molar-refractivity contribution in [2.75, 3.05) is 0 Å². The Morgan fingerprint density at radius 2 is 1.78 bits per heavy atom. The molecule has 4 atom stereocenters. The van der Waals surface area contributed by atoms with Gasteiger partial charge in [0, 0.05) is 44.7 Å². The van der Waals surface area contributed by atoms with E-state index < -0.39 is 0 Å². The average molecular weight is 432 g/mol. The molecule has 1 N–H and O–H groups in total. The zero-order chi connectivity index (χ0) is 22.1. The van der Waals surface area contributed by atoms with Gasteiger partial charge in [0.15, 0.2) is 0 Å². The molecule has 0 aromatic carbocycles. The van der Waals surface area contributed by atoms with E-state index in [1.807, 2.05) is 32.3 Å². The van der Waals surface area contributed by atoms with Gasteiger partial charge in [-0.1, -0.05) is 0 Å². The molecule has 9 heteroatoms. The number of ketones is 1. The number of aromatic amines is 1. The van der Waals surface area contributed by atoms with Crippen molar-refractivity contribution < 1.29 is 9.53 Å². The molecule has 0 bridgehead atoms. The van der Waals surface area contributed by atoms with Crippen LogP contribution in [-0.4, -0.2) is 41.4 Å². The summed E-state index contributed by atoms with van der Waals surface area (Å²) in [5.41, 5.74) is 2.22. The van der Waals surface area contributed by atoms with E-state index in [2.05, 4.69) is 15.2 Å². The SMILES string of the molecule is C[C@@H](Oc1nc(-c2cc3nn(C)cc3c(=O)[nH]2)cc2nn(C)cc12)[C@@H]1CC(=O)C2CC2C1. The van der Waals surface area contributed by atoms with Crippen LogP contribution in [0.4, 0.5) is 0 Å². The number of fused-ring (bicyclic) bond motifs is 3. The number of hydrogen-bond acceptors (Lipinski definition) is 6. The van der Waals surface area contributed by atoms with Gasteiger partial charge >= 0.3 is 0 Å². The molecule has 0 saturated heterocycles. The Bertz CT molecular complexity index is 1450. The van der Waals surface area contributed by atoms with Crippen molar-refractivity contribution in [2.45, 2.75) is 32.3 Å². The molecule has 2 saturated carbocycles. The lowest BCUT2D eigenvalue weighted by atomic mass is 9.85. The summed E-state index contributed by atoms with van der Waals surface area (Å²) in [6.45, 7) is 2.01. The fourth-order valence-electron chi connectivity index (χ4n) is 5.04. The number of rotatable bonds is 4. The number of nitrogens with zero attached hydrogens (tertiary/aromatic N) is 5. The first-order valence-corrected chi connectivity index (χ1v) is 11.0. The highest BCUT2D eigenvalue weighted by atomic mass is 16.5.